The van der Waals surface area contributed by atoms with Crippen molar-refractivity contribution in [1.82, 2.24) is 30.2 Å². The van der Waals surface area contributed by atoms with E-state index in [1.165, 1.54) is 6.33 Å². The molecule has 7 heteroatoms. The van der Waals surface area contributed by atoms with Crippen LogP contribution in [0.5, 0.6) is 0 Å². The zero-order valence-corrected chi connectivity index (χ0v) is 8.87. The van der Waals surface area contributed by atoms with Gasteiger partial charge in [0.05, 0.1) is 3.57 Å². The number of nitrogens with zero attached hydrogens (tertiary/aromatic N) is 6. The zero-order valence-electron chi connectivity index (χ0n) is 6.72. The van der Waals surface area contributed by atoms with Crippen LogP contribution in [0.15, 0.2) is 12.5 Å². The first-order chi connectivity index (χ1) is 6.29. The first-order valence-corrected chi connectivity index (χ1v) is 4.55. The van der Waals surface area contributed by atoms with Crippen LogP contribution in [0.4, 0.5) is 0 Å². The summed E-state index contributed by atoms with van der Waals surface area (Å²) in [6.45, 7) is 0. The molecule has 0 spiro atoms. The molecule has 0 bridgehead atoms. The van der Waals surface area contributed by atoms with E-state index < -0.39 is 0 Å². The van der Waals surface area contributed by atoms with Gasteiger partial charge in [0.25, 0.3) is 0 Å². The average molecular weight is 288 g/mol. The fourth-order valence-corrected chi connectivity index (χ4v) is 1.45. The van der Waals surface area contributed by atoms with Crippen LogP contribution in [-0.4, -0.2) is 30.2 Å². The Morgan fingerprint density at radius 1 is 1.46 bits per heavy atom. The molecule has 0 aromatic carbocycles. The molecule has 0 N–H and O–H groups in total. The van der Waals surface area contributed by atoms with Crippen molar-refractivity contribution < 1.29 is 0 Å². The van der Waals surface area contributed by atoms with Gasteiger partial charge >= 0.3 is 0 Å². The number of aryl methyl sites for hydroxylation is 1. The Morgan fingerprint density at radius 3 is 2.92 bits per heavy atom. The largest absolute Gasteiger partial charge is 0.244 e. The monoisotopic (exact) mass is 288 g/mol. The Labute approximate surface area is 87.5 Å². The van der Waals surface area contributed by atoms with E-state index in [2.05, 4.69) is 48.1 Å². The van der Waals surface area contributed by atoms with Crippen molar-refractivity contribution in [3.63, 3.8) is 0 Å². The Morgan fingerprint density at radius 2 is 2.31 bits per heavy atom. The maximum Gasteiger partial charge on any atom is 0.201 e. The minimum Gasteiger partial charge on any atom is -0.244 e. The Kier molecular flexibility index (Phi) is 2.17. The lowest BCUT2D eigenvalue weighted by atomic mass is 10.4. The Hall–Kier alpha value is -1.12. The van der Waals surface area contributed by atoms with Crippen molar-refractivity contribution >= 4 is 22.6 Å². The van der Waals surface area contributed by atoms with Gasteiger partial charge in [-0.2, -0.15) is 0 Å². The zero-order chi connectivity index (χ0) is 9.26. The average Bonchev–Trinajstić information content (AvgIpc) is 2.52. The Balaban J connectivity index is 2.59. The molecule has 0 saturated heterocycles. The molecule has 2 aromatic heterocycles. The fraction of sp³-hybridized carbons (Fsp3) is 0.167. The lowest BCUT2D eigenvalue weighted by Crippen LogP contribution is -1.98. The fourth-order valence-electron chi connectivity index (χ4n) is 0.907. The van der Waals surface area contributed by atoms with Crippen molar-refractivity contribution in [2.75, 3.05) is 0 Å². The predicted octanol–water partition coefficient (Wildman–Crippen LogP) is 0.272. The molecule has 13 heavy (non-hydrogen) atoms. The Bertz CT molecular complexity index is 425. The molecule has 2 heterocycles. The van der Waals surface area contributed by atoms with Gasteiger partial charge in [0.1, 0.15) is 12.0 Å². The SMILES string of the molecule is Cn1nnnc1-c1ncncc1I. The second-order valence-electron chi connectivity index (χ2n) is 2.35. The van der Waals surface area contributed by atoms with E-state index in [0.29, 0.717) is 5.82 Å². The van der Waals surface area contributed by atoms with Gasteiger partial charge in [0, 0.05) is 13.2 Å². The van der Waals surface area contributed by atoms with Crippen molar-refractivity contribution in [2.45, 2.75) is 0 Å². The third kappa shape index (κ3) is 1.50. The van der Waals surface area contributed by atoms with Gasteiger partial charge in [0.2, 0.25) is 5.82 Å². The molecular formula is C6H5IN6. The number of aromatic nitrogens is 6. The lowest BCUT2D eigenvalue weighted by Gasteiger charge is -1.98. The molecule has 0 atom stereocenters. The summed E-state index contributed by atoms with van der Waals surface area (Å²) in [4.78, 5) is 7.99. The highest BCUT2D eigenvalue weighted by Crippen LogP contribution is 2.17. The van der Waals surface area contributed by atoms with Gasteiger partial charge < -0.3 is 0 Å². The first-order valence-electron chi connectivity index (χ1n) is 3.47. The highest BCUT2D eigenvalue weighted by Gasteiger charge is 2.10. The normalized spacial score (nSPS) is 10.3. The third-order valence-corrected chi connectivity index (χ3v) is 2.29. The van der Waals surface area contributed by atoms with Crippen LogP contribution in [0.2, 0.25) is 0 Å². The molecule has 2 aromatic rings. The summed E-state index contributed by atoms with van der Waals surface area (Å²) in [5.41, 5.74) is 0.753. The summed E-state index contributed by atoms with van der Waals surface area (Å²) in [6.07, 6.45) is 3.20. The number of halogens is 1. The van der Waals surface area contributed by atoms with Crippen LogP contribution in [0.25, 0.3) is 11.5 Å². The minimum absolute atomic E-state index is 0.645. The summed E-state index contributed by atoms with van der Waals surface area (Å²) in [5.74, 6) is 0.645. The molecular weight excluding hydrogens is 283 g/mol. The first kappa shape index (κ1) is 8.48. The van der Waals surface area contributed by atoms with Gasteiger partial charge in [-0.05, 0) is 33.0 Å². The predicted molar refractivity (Wildman–Crippen MR) is 52.5 cm³/mol. The van der Waals surface area contributed by atoms with E-state index in [1.54, 1.807) is 17.9 Å². The van der Waals surface area contributed by atoms with Gasteiger partial charge in [-0.1, -0.05) is 0 Å². The van der Waals surface area contributed by atoms with Gasteiger partial charge in [-0.3, -0.25) is 0 Å². The van der Waals surface area contributed by atoms with Crippen LogP contribution >= 0.6 is 22.6 Å². The number of hydrogen-bond acceptors (Lipinski definition) is 5. The molecule has 0 unspecified atom stereocenters. The van der Waals surface area contributed by atoms with Gasteiger partial charge in [-0.25, -0.2) is 14.6 Å². The quantitative estimate of drug-likeness (QED) is 0.705. The highest BCUT2D eigenvalue weighted by atomic mass is 127. The molecule has 0 amide bonds. The maximum atomic E-state index is 4.10. The highest BCUT2D eigenvalue weighted by molar-refractivity contribution is 14.1. The molecule has 0 saturated carbocycles. The van der Waals surface area contributed by atoms with Crippen molar-refractivity contribution in [2.24, 2.45) is 7.05 Å². The van der Waals surface area contributed by atoms with Crippen LogP contribution in [0.1, 0.15) is 0 Å². The summed E-state index contributed by atoms with van der Waals surface area (Å²) < 4.78 is 2.50. The van der Waals surface area contributed by atoms with Crippen molar-refractivity contribution in [3.8, 4) is 11.5 Å². The number of rotatable bonds is 1. The van der Waals surface area contributed by atoms with Crippen molar-refractivity contribution in [1.29, 1.82) is 0 Å². The third-order valence-electron chi connectivity index (χ3n) is 1.50. The summed E-state index contributed by atoms with van der Waals surface area (Å²) in [6, 6.07) is 0. The van der Waals surface area contributed by atoms with Crippen LogP contribution in [-0.2, 0) is 7.05 Å². The summed E-state index contributed by atoms with van der Waals surface area (Å²) >= 11 is 2.14. The van der Waals surface area contributed by atoms with Crippen LogP contribution in [0, 0.1) is 3.57 Å². The number of hydrogen-bond donors (Lipinski definition) is 0. The van der Waals surface area contributed by atoms with Crippen LogP contribution in [0.3, 0.4) is 0 Å². The molecule has 0 aliphatic carbocycles. The molecule has 6 nitrogen and oxygen atoms in total. The van der Waals surface area contributed by atoms with E-state index in [4.69, 9.17) is 0 Å². The van der Waals surface area contributed by atoms with E-state index >= 15 is 0 Å². The van der Waals surface area contributed by atoms with Gasteiger partial charge in [0.15, 0.2) is 0 Å². The summed E-state index contributed by atoms with van der Waals surface area (Å²) in [5, 5.41) is 11.1. The minimum atomic E-state index is 0.645. The number of tetrazole rings is 1. The smallest absolute Gasteiger partial charge is 0.201 e. The van der Waals surface area contributed by atoms with Gasteiger partial charge in [-0.15, -0.1) is 5.10 Å². The molecule has 0 aliphatic heterocycles. The van der Waals surface area contributed by atoms with E-state index in [9.17, 15) is 0 Å². The molecule has 2 rings (SSSR count). The molecule has 0 fully saturated rings. The second kappa shape index (κ2) is 3.32. The van der Waals surface area contributed by atoms with E-state index in [-0.39, 0.29) is 0 Å². The maximum absolute atomic E-state index is 4.10. The van der Waals surface area contributed by atoms with Crippen molar-refractivity contribution in [3.05, 3.63) is 16.1 Å². The second-order valence-corrected chi connectivity index (χ2v) is 3.51. The van der Waals surface area contributed by atoms with E-state index in [1.807, 2.05) is 0 Å². The summed E-state index contributed by atoms with van der Waals surface area (Å²) in [7, 11) is 1.77. The lowest BCUT2D eigenvalue weighted by molar-refractivity contribution is 0.713. The standard InChI is InChI=1S/C6H5IN6/c1-13-6(10-11-12-13)5-4(7)2-8-3-9-5/h2-3H,1H3. The van der Waals surface area contributed by atoms with Crippen LogP contribution < -0.4 is 0 Å². The van der Waals surface area contributed by atoms with E-state index in [0.717, 1.165) is 9.26 Å². The molecule has 66 valence electrons. The molecule has 0 aliphatic rings. The molecule has 0 radical (unpaired) electrons. The topological polar surface area (TPSA) is 69.4 Å².